The lowest BCUT2D eigenvalue weighted by atomic mass is 10.0. The van der Waals surface area contributed by atoms with Crippen molar-refractivity contribution >= 4 is 12.4 Å². The Morgan fingerprint density at radius 1 is 0.312 bits per heavy atom. The standard InChI is InChI=1S/C30H63N.ClH/c1-4-6-8-10-11-12-13-14-15-16-17-18-19-20-21-22-23-24-26-28-30-31(3)29-27-25-9-7-5-2;/h4-30H2,1-3H3;1H. The minimum atomic E-state index is 0. The van der Waals surface area contributed by atoms with Gasteiger partial charge in [-0.1, -0.05) is 162 Å². The smallest absolute Gasteiger partial charge is 0.00218 e. The Morgan fingerprint density at radius 2 is 0.500 bits per heavy atom. The van der Waals surface area contributed by atoms with Crippen molar-refractivity contribution in [3.63, 3.8) is 0 Å². The van der Waals surface area contributed by atoms with Gasteiger partial charge in [0.1, 0.15) is 0 Å². The summed E-state index contributed by atoms with van der Waals surface area (Å²) in [5.74, 6) is 0. The molecule has 0 rings (SSSR count). The minimum absolute atomic E-state index is 0. The second-order valence-electron chi connectivity index (χ2n) is 10.4. The van der Waals surface area contributed by atoms with E-state index in [1.54, 1.807) is 0 Å². The Hall–Kier alpha value is 0.250. The predicted octanol–water partition coefficient (Wildman–Crippen LogP) is 11.1. The molecule has 0 amide bonds. The second-order valence-corrected chi connectivity index (χ2v) is 10.4. The fraction of sp³-hybridized carbons (Fsp3) is 1.00. The minimum Gasteiger partial charge on any atom is -0.306 e. The van der Waals surface area contributed by atoms with Gasteiger partial charge in [0.25, 0.3) is 0 Å². The fourth-order valence-electron chi connectivity index (χ4n) is 4.73. The highest BCUT2D eigenvalue weighted by Gasteiger charge is 1.99. The first-order valence-electron chi connectivity index (χ1n) is 15.0. The molecule has 0 aromatic rings. The molecular formula is C30H64ClN. The van der Waals surface area contributed by atoms with Crippen LogP contribution in [-0.2, 0) is 0 Å². The summed E-state index contributed by atoms with van der Waals surface area (Å²) < 4.78 is 0. The van der Waals surface area contributed by atoms with E-state index in [4.69, 9.17) is 0 Å². The molecule has 0 N–H and O–H groups in total. The summed E-state index contributed by atoms with van der Waals surface area (Å²) in [5.41, 5.74) is 0. The van der Waals surface area contributed by atoms with Crippen molar-refractivity contribution in [1.82, 2.24) is 4.90 Å². The molecule has 0 aliphatic heterocycles. The zero-order valence-corrected chi connectivity index (χ0v) is 23.8. The third-order valence-electron chi connectivity index (χ3n) is 7.04. The molecule has 0 aliphatic carbocycles. The molecule has 2 heteroatoms. The van der Waals surface area contributed by atoms with Gasteiger partial charge >= 0.3 is 0 Å². The lowest BCUT2D eigenvalue weighted by Gasteiger charge is -2.16. The molecule has 0 heterocycles. The topological polar surface area (TPSA) is 3.24 Å². The van der Waals surface area contributed by atoms with Crippen LogP contribution in [0.5, 0.6) is 0 Å². The summed E-state index contributed by atoms with van der Waals surface area (Å²) in [4.78, 5) is 2.56. The Kier molecular flexibility index (Phi) is 33.6. The summed E-state index contributed by atoms with van der Waals surface area (Å²) in [6.07, 6.45) is 36.4. The predicted molar refractivity (Wildman–Crippen MR) is 152 cm³/mol. The number of hydrogen-bond donors (Lipinski definition) is 0. The van der Waals surface area contributed by atoms with E-state index in [0.29, 0.717) is 0 Å². The van der Waals surface area contributed by atoms with Crippen LogP contribution in [0.1, 0.15) is 174 Å². The van der Waals surface area contributed by atoms with Gasteiger partial charge in [0.05, 0.1) is 0 Å². The average molecular weight is 474 g/mol. The van der Waals surface area contributed by atoms with Crippen LogP contribution in [-0.4, -0.2) is 25.0 Å². The van der Waals surface area contributed by atoms with Crippen molar-refractivity contribution in [3.05, 3.63) is 0 Å². The quantitative estimate of drug-likeness (QED) is 0.107. The van der Waals surface area contributed by atoms with Gasteiger partial charge in [0, 0.05) is 0 Å². The van der Waals surface area contributed by atoms with Crippen molar-refractivity contribution in [2.75, 3.05) is 20.1 Å². The molecule has 32 heavy (non-hydrogen) atoms. The summed E-state index contributed by atoms with van der Waals surface area (Å²) in [6, 6.07) is 0. The Bertz CT molecular complexity index is 307. The van der Waals surface area contributed by atoms with Crippen LogP contribution < -0.4 is 0 Å². The Labute approximate surface area is 211 Å². The lowest BCUT2D eigenvalue weighted by Crippen LogP contribution is -2.20. The van der Waals surface area contributed by atoms with E-state index in [1.165, 1.54) is 174 Å². The van der Waals surface area contributed by atoms with E-state index in [-0.39, 0.29) is 12.4 Å². The molecule has 0 atom stereocenters. The molecule has 0 bridgehead atoms. The first-order valence-corrected chi connectivity index (χ1v) is 15.0. The molecule has 0 aromatic heterocycles. The number of unbranched alkanes of at least 4 members (excludes halogenated alkanes) is 23. The third kappa shape index (κ3) is 30.2. The highest BCUT2D eigenvalue weighted by molar-refractivity contribution is 5.85. The molecular weight excluding hydrogens is 410 g/mol. The summed E-state index contributed by atoms with van der Waals surface area (Å²) in [5, 5.41) is 0. The Morgan fingerprint density at radius 3 is 0.719 bits per heavy atom. The van der Waals surface area contributed by atoms with Gasteiger partial charge in [-0.3, -0.25) is 0 Å². The summed E-state index contributed by atoms with van der Waals surface area (Å²) in [6.45, 7) is 7.22. The van der Waals surface area contributed by atoms with Crippen molar-refractivity contribution in [2.24, 2.45) is 0 Å². The zero-order chi connectivity index (χ0) is 22.7. The van der Waals surface area contributed by atoms with E-state index < -0.39 is 0 Å². The van der Waals surface area contributed by atoms with Crippen LogP contribution in [0.4, 0.5) is 0 Å². The highest BCUT2D eigenvalue weighted by atomic mass is 35.5. The van der Waals surface area contributed by atoms with E-state index >= 15 is 0 Å². The van der Waals surface area contributed by atoms with Crippen molar-refractivity contribution < 1.29 is 0 Å². The van der Waals surface area contributed by atoms with Crippen LogP contribution in [0.15, 0.2) is 0 Å². The van der Waals surface area contributed by atoms with Gasteiger partial charge in [0.15, 0.2) is 0 Å². The number of halogens is 1. The maximum absolute atomic E-state index is 2.56. The van der Waals surface area contributed by atoms with Crippen LogP contribution >= 0.6 is 12.4 Å². The van der Waals surface area contributed by atoms with Crippen LogP contribution in [0, 0.1) is 0 Å². The number of nitrogens with zero attached hydrogens (tertiary/aromatic N) is 1. The lowest BCUT2D eigenvalue weighted by molar-refractivity contribution is 0.314. The van der Waals surface area contributed by atoms with Gasteiger partial charge in [-0.25, -0.2) is 0 Å². The summed E-state index contributed by atoms with van der Waals surface area (Å²) >= 11 is 0. The third-order valence-corrected chi connectivity index (χ3v) is 7.04. The zero-order valence-electron chi connectivity index (χ0n) is 22.9. The van der Waals surface area contributed by atoms with Crippen molar-refractivity contribution in [2.45, 2.75) is 174 Å². The molecule has 0 saturated carbocycles. The SMILES string of the molecule is CCCCCCCCCCCCCCCCCCCCCCN(C)CCCCCCC.Cl. The van der Waals surface area contributed by atoms with E-state index in [1.807, 2.05) is 0 Å². The molecule has 0 unspecified atom stereocenters. The van der Waals surface area contributed by atoms with E-state index in [9.17, 15) is 0 Å². The van der Waals surface area contributed by atoms with Crippen LogP contribution in [0.2, 0.25) is 0 Å². The highest BCUT2D eigenvalue weighted by Crippen LogP contribution is 2.15. The van der Waals surface area contributed by atoms with E-state index in [2.05, 4.69) is 25.8 Å². The fourth-order valence-corrected chi connectivity index (χ4v) is 4.73. The Balaban J connectivity index is 0. The second kappa shape index (κ2) is 31.2. The summed E-state index contributed by atoms with van der Waals surface area (Å²) in [7, 11) is 2.31. The maximum Gasteiger partial charge on any atom is -0.00218 e. The first kappa shape index (κ1) is 34.4. The van der Waals surface area contributed by atoms with Crippen molar-refractivity contribution in [3.8, 4) is 0 Å². The largest absolute Gasteiger partial charge is 0.306 e. The maximum atomic E-state index is 2.56. The average Bonchev–Trinajstić information content (AvgIpc) is 2.77. The molecule has 0 radical (unpaired) electrons. The molecule has 196 valence electrons. The molecule has 0 fully saturated rings. The monoisotopic (exact) mass is 473 g/mol. The molecule has 0 aliphatic rings. The number of rotatable bonds is 27. The van der Waals surface area contributed by atoms with Crippen LogP contribution in [0.25, 0.3) is 0 Å². The van der Waals surface area contributed by atoms with Gasteiger partial charge in [-0.15, -0.1) is 12.4 Å². The van der Waals surface area contributed by atoms with Gasteiger partial charge in [-0.2, -0.15) is 0 Å². The normalized spacial score (nSPS) is 11.2. The first-order chi connectivity index (χ1) is 15.3. The van der Waals surface area contributed by atoms with Gasteiger partial charge in [-0.05, 0) is 33.0 Å². The van der Waals surface area contributed by atoms with E-state index in [0.717, 1.165) is 0 Å². The molecule has 0 spiro atoms. The molecule has 0 saturated heterocycles. The van der Waals surface area contributed by atoms with Crippen molar-refractivity contribution in [1.29, 1.82) is 0 Å². The number of hydrogen-bond acceptors (Lipinski definition) is 1. The molecule has 0 aromatic carbocycles. The molecule has 1 nitrogen and oxygen atoms in total. The van der Waals surface area contributed by atoms with Gasteiger partial charge in [0.2, 0.25) is 0 Å². The van der Waals surface area contributed by atoms with Crippen LogP contribution in [0.3, 0.4) is 0 Å². The van der Waals surface area contributed by atoms with Gasteiger partial charge < -0.3 is 4.90 Å².